The summed E-state index contributed by atoms with van der Waals surface area (Å²) in [6, 6.07) is 23.2. The van der Waals surface area contributed by atoms with E-state index < -0.39 is 0 Å². The number of ether oxygens (including phenoxy) is 1. The van der Waals surface area contributed by atoms with Crippen molar-refractivity contribution in [1.82, 2.24) is 0 Å². The summed E-state index contributed by atoms with van der Waals surface area (Å²) in [5.41, 5.74) is 4.30. The Morgan fingerprint density at radius 2 is 1.12 bits per heavy atom. The number of anilines is 3. The van der Waals surface area contributed by atoms with Crippen LogP contribution in [-0.2, 0) is 0 Å². The van der Waals surface area contributed by atoms with E-state index in [-0.39, 0.29) is 17.2 Å². The summed E-state index contributed by atoms with van der Waals surface area (Å²) in [6.07, 6.45) is 0. The molecule has 5 nitrogen and oxygen atoms in total. The average molecular weight is 428 g/mol. The van der Waals surface area contributed by atoms with E-state index in [1.165, 1.54) is 0 Å². The highest BCUT2D eigenvalue weighted by molar-refractivity contribution is 5.86. The fourth-order valence-corrected chi connectivity index (χ4v) is 3.75. The minimum absolute atomic E-state index is 0.105. The Morgan fingerprint density at radius 1 is 0.562 bits per heavy atom. The van der Waals surface area contributed by atoms with Crippen molar-refractivity contribution in [3.8, 4) is 28.7 Å². The molecule has 32 heavy (non-hydrogen) atoms. The molecule has 0 saturated heterocycles. The molecule has 0 amide bonds. The van der Waals surface area contributed by atoms with Gasteiger partial charge in [0.2, 0.25) is 0 Å². The maximum absolute atomic E-state index is 10.7. The molecule has 0 heterocycles. The Morgan fingerprint density at radius 3 is 1.69 bits per heavy atom. The molecule has 0 saturated carbocycles. The molecule has 4 aromatic carbocycles. The van der Waals surface area contributed by atoms with Crippen LogP contribution in [0.1, 0.15) is 16.7 Å². The van der Waals surface area contributed by atoms with Crippen molar-refractivity contribution in [1.29, 1.82) is 0 Å². The summed E-state index contributed by atoms with van der Waals surface area (Å²) in [4.78, 5) is 1.84. The van der Waals surface area contributed by atoms with Crippen LogP contribution in [0.25, 0.3) is 0 Å². The summed E-state index contributed by atoms with van der Waals surface area (Å²) in [6.45, 7) is 5.64. The smallest absolute Gasteiger partial charge is 0.139 e. The number of rotatable bonds is 5. The third-order valence-electron chi connectivity index (χ3n) is 5.36. The van der Waals surface area contributed by atoms with Crippen LogP contribution in [0.15, 0.2) is 78.9 Å². The van der Waals surface area contributed by atoms with Gasteiger partial charge in [-0.15, -0.1) is 0 Å². The molecule has 4 aromatic rings. The highest BCUT2D eigenvalue weighted by Gasteiger charge is 2.22. The Hall–Kier alpha value is -4.12. The minimum atomic E-state index is 0.105. The number of phenols is 3. The van der Waals surface area contributed by atoms with Gasteiger partial charge in [-0.1, -0.05) is 30.3 Å². The lowest BCUT2D eigenvalue weighted by atomic mass is 10.1. The maximum Gasteiger partial charge on any atom is 0.139 e. The van der Waals surface area contributed by atoms with Crippen LogP contribution >= 0.6 is 0 Å². The largest absolute Gasteiger partial charge is 0.508 e. The van der Waals surface area contributed by atoms with E-state index >= 15 is 0 Å². The molecule has 0 spiro atoms. The lowest BCUT2D eigenvalue weighted by molar-refractivity contribution is 0.460. The van der Waals surface area contributed by atoms with E-state index in [4.69, 9.17) is 4.74 Å². The third-order valence-corrected chi connectivity index (χ3v) is 5.36. The van der Waals surface area contributed by atoms with E-state index in [9.17, 15) is 15.3 Å². The Labute approximate surface area is 187 Å². The second-order valence-corrected chi connectivity index (χ2v) is 7.77. The number of para-hydroxylation sites is 2. The lowest BCUT2D eigenvalue weighted by Gasteiger charge is -2.29. The molecular formula is C27H25NO4. The second kappa shape index (κ2) is 8.55. The molecule has 0 unspecified atom stereocenters. The number of hydrogen-bond acceptors (Lipinski definition) is 5. The van der Waals surface area contributed by atoms with Gasteiger partial charge in [-0.3, -0.25) is 0 Å². The van der Waals surface area contributed by atoms with Gasteiger partial charge in [-0.05, 0) is 79.9 Å². The van der Waals surface area contributed by atoms with Gasteiger partial charge in [-0.2, -0.15) is 0 Å². The van der Waals surface area contributed by atoms with Crippen molar-refractivity contribution < 1.29 is 20.1 Å². The summed E-state index contributed by atoms with van der Waals surface area (Å²) in [7, 11) is 0. The second-order valence-electron chi connectivity index (χ2n) is 7.77. The zero-order chi connectivity index (χ0) is 22.8. The van der Waals surface area contributed by atoms with Gasteiger partial charge in [0.1, 0.15) is 28.7 Å². The predicted molar refractivity (Wildman–Crippen MR) is 127 cm³/mol. The molecule has 3 N–H and O–H groups in total. The van der Waals surface area contributed by atoms with Gasteiger partial charge in [0.25, 0.3) is 0 Å². The van der Waals surface area contributed by atoms with Crippen LogP contribution in [-0.4, -0.2) is 15.3 Å². The first-order valence-corrected chi connectivity index (χ1v) is 10.3. The molecule has 0 aliphatic carbocycles. The normalized spacial score (nSPS) is 10.7. The first kappa shape index (κ1) is 21.1. The Kier molecular flexibility index (Phi) is 5.65. The van der Waals surface area contributed by atoms with E-state index in [0.717, 1.165) is 16.7 Å². The van der Waals surface area contributed by atoms with Crippen molar-refractivity contribution in [2.24, 2.45) is 0 Å². The molecule has 162 valence electrons. The van der Waals surface area contributed by atoms with Gasteiger partial charge in [0.05, 0.1) is 17.1 Å². The fraction of sp³-hybridized carbons (Fsp3) is 0.111. The monoisotopic (exact) mass is 427 g/mol. The van der Waals surface area contributed by atoms with Gasteiger partial charge in [0, 0.05) is 6.07 Å². The van der Waals surface area contributed by atoms with Crippen LogP contribution in [0.3, 0.4) is 0 Å². The quantitative estimate of drug-likeness (QED) is 0.320. The van der Waals surface area contributed by atoms with E-state index in [1.54, 1.807) is 42.5 Å². The van der Waals surface area contributed by atoms with Gasteiger partial charge < -0.3 is 25.0 Å². The van der Waals surface area contributed by atoms with E-state index in [2.05, 4.69) is 0 Å². The number of hydrogen-bond donors (Lipinski definition) is 3. The van der Waals surface area contributed by atoms with Crippen molar-refractivity contribution in [2.75, 3.05) is 4.90 Å². The third kappa shape index (κ3) is 4.05. The maximum atomic E-state index is 10.7. The molecule has 0 aliphatic heterocycles. The minimum Gasteiger partial charge on any atom is -0.508 e. The molecule has 0 radical (unpaired) electrons. The zero-order valence-corrected chi connectivity index (χ0v) is 18.2. The van der Waals surface area contributed by atoms with E-state index in [1.807, 2.05) is 62.1 Å². The number of aryl methyl sites for hydroxylation is 3. The highest BCUT2D eigenvalue weighted by Crippen LogP contribution is 2.47. The lowest BCUT2D eigenvalue weighted by Crippen LogP contribution is -2.13. The topological polar surface area (TPSA) is 73.2 Å². The van der Waals surface area contributed by atoms with Gasteiger partial charge >= 0.3 is 0 Å². The SMILES string of the molecule is Cc1cc(Oc2cccc(N(c3c(C)cccc3O)c3c(C)cccc3O)c2)ccc1O. The first-order chi connectivity index (χ1) is 15.3. The molecule has 0 aliphatic rings. The average Bonchev–Trinajstić information content (AvgIpc) is 2.75. The molecule has 0 fully saturated rings. The molecular weight excluding hydrogens is 402 g/mol. The summed E-state index contributed by atoms with van der Waals surface area (Å²) in [5, 5.41) is 31.3. The van der Waals surface area contributed by atoms with E-state index in [0.29, 0.717) is 28.6 Å². The van der Waals surface area contributed by atoms with Gasteiger partial charge in [-0.25, -0.2) is 0 Å². The van der Waals surface area contributed by atoms with Crippen molar-refractivity contribution in [2.45, 2.75) is 20.8 Å². The molecule has 0 atom stereocenters. The molecule has 5 heteroatoms. The van der Waals surface area contributed by atoms with Crippen molar-refractivity contribution in [3.63, 3.8) is 0 Å². The Balaban J connectivity index is 1.85. The molecule has 0 aromatic heterocycles. The number of phenolic OH excluding ortho intramolecular Hbond substituents is 3. The molecule has 4 rings (SSSR count). The van der Waals surface area contributed by atoms with Crippen LogP contribution in [0.5, 0.6) is 28.7 Å². The Bertz CT molecular complexity index is 1190. The summed E-state index contributed by atoms with van der Waals surface area (Å²) >= 11 is 0. The molecule has 0 bridgehead atoms. The van der Waals surface area contributed by atoms with Crippen LogP contribution < -0.4 is 9.64 Å². The number of nitrogens with zero attached hydrogens (tertiary/aromatic N) is 1. The van der Waals surface area contributed by atoms with Crippen molar-refractivity contribution in [3.05, 3.63) is 95.6 Å². The van der Waals surface area contributed by atoms with Crippen LogP contribution in [0.2, 0.25) is 0 Å². The zero-order valence-electron chi connectivity index (χ0n) is 18.2. The standard InChI is InChI=1S/C27H25NO4/c1-17-7-4-11-24(30)26(17)28(27-18(2)8-5-12-25(27)31)20-9-6-10-21(16-20)32-22-13-14-23(29)19(3)15-22/h4-16,29-31H,1-3H3. The first-order valence-electron chi connectivity index (χ1n) is 10.3. The van der Waals surface area contributed by atoms with Crippen molar-refractivity contribution >= 4 is 17.1 Å². The number of benzene rings is 4. The predicted octanol–water partition coefficient (Wildman–Crippen LogP) is 6.99. The summed E-state index contributed by atoms with van der Waals surface area (Å²) in [5.74, 6) is 1.60. The van der Waals surface area contributed by atoms with Crippen LogP contribution in [0, 0.1) is 20.8 Å². The summed E-state index contributed by atoms with van der Waals surface area (Å²) < 4.78 is 6.03. The van der Waals surface area contributed by atoms with Gasteiger partial charge in [0.15, 0.2) is 0 Å². The van der Waals surface area contributed by atoms with Crippen LogP contribution in [0.4, 0.5) is 17.1 Å². The number of aromatic hydroxyl groups is 3. The highest BCUT2D eigenvalue weighted by atomic mass is 16.5. The fourth-order valence-electron chi connectivity index (χ4n) is 3.75.